The van der Waals surface area contributed by atoms with E-state index in [9.17, 15) is 0 Å². The first kappa shape index (κ1) is 4.28. The Bertz CT molecular complexity index is 29.0. The molecule has 0 aromatic carbocycles. The molecule has 0 spiro atoms. The second kappa shape index (κ2) is 1.59. The van der Waals surface area contributed by atoms with Gasteiger partial charge in [-0.3, -0.25) is 0 Å². The van der Waals surface area contributed by atoms with Gasteiger partial charge in [-0.05, 0) is 0 Å². The minimum atomic E-state index is 0.861. The molecule has 0 N–H and O–H groups in total. The summed E-state index contributed by atoms with van der Waals surface area (Å²) in [5, 5.41) is 0. The summed E-state index contributed by atoms with van der Waals surface area (Å²) in [6.45, 7) is 1.84. The van der Waals surface area contributed by atoms with Crippen molar-refractivity contribution < 1.29 is 0 Å². The van der Waals surface area contributed by atoms with Gasteiger partial charge >= 0.3 is 31.8 Å². The van der Waals surface area contributed by atoms with Crippen LogP contribution in [0.15, 0.2) is 0 Å². The van der Waals surface area contributed by atoms with Gasteiger partial charge in [0.15, 0.2) is 0 Å². The fourth-order valence-corrected chi connectivity index (χ4v) is 0. The number of hydrogen-bond donors (Lipinski definition) is 1. The van der Waals surface area contributed by atoms with Crippen LogP contribution in [0.3, 0.4) is 0 Å². The third kappa shape index (κ3) is 46.5. The van der Waals surface area contributed by atoms with Crippen molar-refractivity contribution >= 4 is 24.9 Å². The second-order valence-corrected chi connectivity index (χ2v) is 1.50. The van der Waals surface area contributed by atoms with Gasteiger partial charge in [-0.1, -0.05) is 0 Å². The van der Waals surface area contributed by atoms with Crippen LogP contribution in [0.2, 0.25) is 0 Å². The van der Waals surface area contributed by atoms with E-state index in [4.69, 9.17) is 0 Å². The molecule has 0 nitrogen and oxygen atoms in total. The Morgan fingerprint density at radius 3 is 2.00 bits per heavy atom. The molecule has 0 amide bonds. The summed E-state index contributed by atoms with van der Waals surface area (Å²) in [6, 6.07) is 0. The van der Waals surface area contributed by atoms with Crippen LogP contribution in [0.5, 0.6) is 0 Å². The molecule has 0 aliphatic rings. The van der Waals surface area contributed by atoms with Crippen molar-refractivity contribution in [3.63, 3.8) is 0 Å². The van der Waals surface area contributed by atoms with E-state index in [-0.39, 0.29) is 0 Å². The molecule has 0 rings (SSSR count). The van der Waals surface area contributed by atoms with E-state index < -0.39 is 0 Å². The number of thiol groups is 1. The second-order valence-electron chi connectivity index (χ2n) is 0.735. The van der Waals surface area contributed by atoms with Crippen LogP contribution in [0, 0.1) is 0 Å². The van der Waals surface area contributed by atoms with Crippen LogP contribution in [0.25, 0.3) is 0 Å². The Kier molecular flexibility index (Phi) is 1.70. The van der Waals surface area contributed by atoms with E-state index in [1.54, 1.807) is 0 Å². The molecule has 0 fully saturated rings. The summed E-state index contributed by atoms with van der Waals surface area (Å²) in [6.07, 6.45) is 0. The van der Waals surface area contributed by atoms with E-state index in [1.807, 2.05) is 6.92 Å². The van der Waals surface area contributed by atoms with Crippen molar-refractivity contribution in [1.82, 2.24) is 0 Å². The van der Waals surface area contributed by atoms with Gasteiger partial charge in [0.25, 0.3) is 0 Å². The summed E-state index contributed by atoms with van der Waals surface area (Å²) in [5.74, 6) is 0. The Balaban J connectivity index is 2.80. The minimum absolute atomic E-state index is 0.861. The molecule has 0 aromatic rings. The molecule has 0 aliphatic heterocycles. The van der Waals surface area contributed by atoms with Gasteiger partial charge in [0.1, 0.15) is 0 Å². The van der Waals surface area contributed by atoms with Crippen molar-refractivity contribution in [2.24, 2.45) is 0 Å². The SMILES string of the molecule is B=C(C)S. The van der Waals surface area contributed by atoms with Crippen molar-refractivity contribution in [3.8, 4) is 0 Å². The van der Waals surface area contributed by atoms with E-state index in [1.165, 1.54) is 0 Å². The molecular weight excluding hydrogens is 66.9 g/mol. The zero-order valence-electron chi connectivity index (χ0n) is 2.65. The molecule has 0 heterocycles. The summed E-state index contributed by atoms with van der Waals surface area (Å²) in [4.78, 5) is 0.861. The Morgan fingerprint density at radius 2 is 2.00 bits per heavy atom. The molecule has 0 saturated carbocycles. The molecular formula is C2H5BS. The van der Waals surface area contributed by atoms with Crippen LogP contribution in [0.4, 0.5) is 0 Å². The Hall–Kier alpha value is 0.285. The fourth-order valence-electron chi connectivity index (χ4n) is 0. The molecule has 0 atom stereocenters. The molecule has 4 heavy (non-hydrogen) atoms. The first-order chi connectivity index (χ1) is 1.73. The fraction of sp³-hybridized carbons (Fsp3) is 0.500. The molecule has 2 heteroatoms. The van der Waals surface area contributed by atoms with Gasteiger partial charge in [-0.15, -0.1) is 0 Å². The summed E-state index contributed by atoms with van der Waals surface area (Å²) in [5.41, 5.74) is 0. The van der Waals surface area contributed by atoms with Gasteiger partial charge < -0.3 is 0 Å². The maximum atomic E-state index is 3.77. The predicted molar refractivity (Wildman–Crippen MR) is 26.8 cm³/mol. The van der Waals surface area contributed by atoms with Crippen LogP contribution < -0.4 is 0 Å². The maximum absolute atomic E-state index is 3.77. The average molecular weight is 71.9 g/mol. The topological polar surface area (TPSA) is 0 Å². The van der Waals surface area contributed by atoms with E-state index >= 15 is 0 Å². The quantitative estimate of drug-likeness (QED) is 0.301. The zero-order chi connectivity index (χ0) is 3.58. The van der Waals surface area contributed by atoms with Gasteiger partial charge in [0, 0.05) is 0 Å². The number of rotatable bonds is 0. The van der Waals surface area contributed by atoms with Crippen molar-refractivity contribution in [2.45, 2.75) is 6.92 Å². The van der Waals surface area contributed by atoms with Gasteiger partial charge in [-0.25, -0.2) is 0 Å². The normalized spacial score (nSPS) is 6.25. The van der Waals surface area contributed by atoms with Gasteiger partial charge in [0.2, 0.25) is 0 Å². The summed E-state index contributed by atoms with van der Waals surface area (Å²) >= 11 is 3.77. The molecule has 0 aliphatic carbocycles. The third-order valence-corrected chi connectivity index (χ3v) is 0. The van der Waals surface area contributed by atoms with Crippen molar-refractivity contribution in [3.05, 3.63) is 0 Å². The van der Waals surface area contributed by atoms with E-state index in [0.29, 0.717) is 0 Å². The molecule has 0 aromatic heterocycles. The van der Waals surface area contributed by atoms with Crippen LogP contribution in [0.1, 0.15) is 6.92 Å². The Morgan fingerprint density at radius 1 is 2.00 bits per heavy atom. The van der Waals surface area contributed by atoms with E-state index in [0.717, 1.165) is 4.80 Å². The first-order valence-electron chi connectivity index (χ1n) is 1.08. The van der Waals surface area contributed by atoms with Gasteiger partial charge in [-0.2, -0.15) is 0 Å². The van der Waals surface area contributed by atoms with Gasteiger partial charge in [0.05, 0.1) is 0 Å². The molecule has 0 saturated heterocycles. The zero-order valence-corrected chi connectivity index (χ0v) is 3.55. The van der Waals surface area contributed by atoms with Crippen molar-refractivity contribution in [1.29, 1.82) is 0 Å². The predicted octanol–water partition coefficient (Wildman–Crippen LogP) is -0.0332. The summed E-state index contributed by atoms with van der Waals surface area (Å²) < 4.78 is 0. The third-order valence-electron chi connectivity index (χ3n) is 0. The molecule has 0 unspecified atom stereocenters. The molecule has 0 radical (unpaired) electrons. The molecule has 22 valence electrons. The molecule has 0 bridgehead atoms. The average Bonchev–Trinajstić information content (AvgIpc) is 0.811. The van der Waals surface area contributed by atoms with Crippen LogP contribution >= 0.6 is 12.6 Å². The van der Waals surface area contributed by atoms with E-state index in [2.05, 4.69) is 20.1 Å². The first-order valence-corrected chi connectivity index (χ1v) is 1.52. The number of hydrogen-bond acceptors (Lipinski definition) is 1. The van der Waals surface area contributed by atoms with Crippen LogP contribution in [-0.2, 0) is 0 Å². The standard InChI is InChI=1S/C2H5BS/c1-2(3)4/h3-4H,1H3. The Labute approximate surface area is 32.7 Å². The monoisotopic (exact) mass is 72.0 g/mol. The summed E-state index contributed by atoms with van der Waals surface area (Å²) in [7, 11) is 3.42. The van der Waals surface area contributed by atoms with Crippen LogP contribution in [-0.4, -0.2) is 12.3 Å². The van der Waals surface area contributed by atoms with Crippen molar-refractivity contribution in [2.75, 3.05) is 0 Å².